The molecule has 0 aliphatic carbocycles. The van der Waals surface area contributed by atoms with E-state index in [0.717, 1.165) is 31.9 Å². The van der Waals surface area contributed by atoms with E-state index in [-0.39, 0.29) is 0 Å². The first-order valence-electron chi connectivity index (χ1n) is 5.03. The first-order chi connectivity index (χ1) is 6.72. The highest BCUT2D eigenvalue weighted by Gasteiger charge is 2.14. The van der Waals surface area contributed by atoms with Gasteiger partial charge in [-0.25, -0.2) is 0 Å². The van der Waals surface area contributed by atoms with E-state index in [1.807, 2.05) is 0 Å². The fraction of sp³-hybridized carbons (Fsp3) is 0.889. The smallest absolute Gasteiger partial charge is 0.320 e. The number of aliphatic carboxylic acids is 1. The van der Waals surface area contributed by atoms with Crippen molar-refractivity contribution in [2.75, 3.05) is 13.1 Å². The van der Waals surface area contributed by atoms with Gasteiger partial charge in [-0.2, -0.15) is 0 Å². The van der Waals surface area contributed by atoms with Gasteiger partial charge in [-0.3, -0.25) is 4.79 Å². The van der Waals surface area contributed by atoms with Crippen molar-refractivity contribution in [3.05, 3.63) is 0 Å². The normalized spacial score (nSPS) is 12.7. The number of carboxylic acid groups (broad SMARTS) is 1. The molecule has 0 aliphatic rings. The second kappa shape index (κ2) is 9.17. The molecule has 0 heterocycles. The Bertz CT molecular complexity index is 146. The highest BCUT2D eigenvalue weighted by molar-refractivity contribution is 6.08. The lowest BCUT2D eigenvalue weighted by Gasteiger charge is -2.13. The van der Waals surface area contributed by atoms with Crippen LogP contribution in [0.5, 0.6) is 0 Å². The van der Waals surface area contributed by atoms with Crippen LogP contribution in [0.4, 0.5) is 0 Å². The lowest BCUT2D eigenvalue weighted by molar-refractivity contribution is -0.139. The number of hydrogen-bond acceptors (Lipinski definition) is 3. The molecular weight excluding hydrogens is 196 g/mol. The van der Waals surface area contributed by atoms with Crippen LogP contribution in [0.1, 0.15) is 25.7 Å². The third-order valence-electron chi connectivity index (χ3n) is 1.99. The fourth-order valence-electron chi connectivity index (χ4n) is 1.17. The predicted molar refractivity (Wildman–Crippen MR) is 57.5 cm³/mol. The Balaban J connectivity index is 3.61. The highest BCUT2D eigenvalue weighted by Crippen LogP contribution is 2.00. The van der Waals surface area contributed by atoms with Gasteiger partial charge in [0.05, 0.1) is 0 Å². The molecule has 14 heavy (non-hydrogen) atoms. The summed E-state index contributed by atoms with van der Waals surface area (Å²) in [6, 6.07) is 0.474. The standard InChI is InChI=1S/C9H19N2O2Si/c10-5-2-1-4-8(9(12)13)11-6-3-7-14/h8,11H,1-7,10H2,(H,12,13)/t8-/m0/s1. The summed E-state index contributed by atoms with van der Waals surface area (Å²) in [5.74, 6) is -0.768. The van der Waals surface area contributed by atoms with Crippen molar-refractivity contribution < 1.29 is 9.90 Å². The third kappa shape index (κ3) is 7.05. The van der Waals surface area contributed by atoms with E-state index in [4.69, 9.17) is 10.8 Å². The van der Waals surface area contributed by atoms with Gasteiger partial charge in [0, 0.05) is 10.2 Å². The molecule has 5 heteroatoms. The molecule has 4 nitrogen and oxygen atoms in total. The summed E-state index contributed by atoms with van der Waals surface area (Å²) >= 11 is 0. The van der Waals surface area contributed by atoms with Gasteiger partial charge in [0.1, 0.15) is 6.04 Å². The van der Waals surface area contributed by atoms with Crippen LogP contribution in [0.15, 0.2) is 0 Å². The maximum atomic E-state index is 10.8. The summed E-state index contributed by atoms with van der Waals surface area (Å²) in [7, 11) is 3.34. The number of unbranched alkanes of at least 4 members (excludes halogenated alkanes) is 1. The summed E-state index contributed by atoms with van der Waals surface area (Å²) in [6.45, 7) is 1.37. The van der Waals surface area contributed by atoms with Crippen molar-refractivity contribution in [3.8, 4) is 0 Å². The van der Waals surface area contributed by atoms with E-state index in [9.17, 15) is 4.79 Å². The molecule has 0 aromatic heterocycles. The molecule has 0 rings (SSSR count). The number of carboxylic acids is 1. The Labute approximate surface area is 88.7 Å². The zero-order valence-electron chi connectivity index (χ0n) is 8.46. The Kier molecular flexibility index (Phi) is 8.92. The van der Waals surface area contributed by atoms with Gasteiger partial charge in [-0.15, -0.1) is 0 Å². The second-order valence-electron chi connectivity index (χ2n) is 3.23. The number of hydrogen-bond donors (Lipinski definition) is 3. The molecule has 3 radical (unpaired) electrons. The molecule has 0 bridgehead atoms. The minimum Gasteiger partial charge on any atom is -0.480 e. The quantitative estimate of drug-likeness (QED) is 0.378. The molecule has 0 saturated heterocycles. The van der Waals surface area contributed by atoms with Crippen molar-refractivity contribution in [2.24, 2.45) is 5.73 Å². The van der Waals surface area contributed by atoms with E-state index < -0.39 is 12.0 Å². The Hall–Kier alpha value is -0.393. The van der Waals surface area contributed by atoms with Crippen LogP contribution >= 0.6 is 0 Å². The Morgan fingerprint density at radius 1 is 1.43 bits per heavy atom. The molecule has 0 fully saturated rings. The fourth-order valence-corrected chi connectivity index (χ4v) is 1.35. The van der Waals surface area contributed by atoms with Crippen LogP contribution in [-0.2, 0) is 4.79 Å². The van der Waals surface area contributed by atoms with E-state index in [2.05, 4.69) is 15.6 Å². The maximum absolute atomic E-state index is 10.8. The van der Waals surface area contributed by atoms with Crippen molar-refractivity contribution in [3.63, 3.8) is 0 Å². The topological polar surface area (TPSA) is 75.3 Å². The lowest BCUT2D eigenvalue weighted by Crippen LogP contribution is -2.37. The molecule has 4 N–H and O–H groups in total. The van der Waals surface area contributed by atoms with Gasteiger partial charge in [-0.1, -0.05) is 12.5 Å². The van der Waals surface area contributed by atoms with Gasteiger partial charge in [0.15, 0.2) is 0 Å². The minimum absolute atomic E-state index is 0.417. The number of nitrogens with two attached hydrogens (primary N) is 1. The molecule has 0 aromatic carbocycles. The molecular formula is C9H19N2O2Si. The molecule has 0 aliphatic heterocycles. The van der Waals surface area contributed by atoms with E-state index in [1.165, 1.54) is 0 Å². The van der Waals surface area contributed by atoms with Crippen molar-refractivity contribution >= 4 is 16.2 Å². The van der Waals surface area contributed by atoms with Crippen LogP contribution in [0.3, 0.4) is 0 Å². The predicted octanol–water partition coefficient (Wildman–Crippen LogP) is 0.135. The van der Waals surface area contributed by atoms with E-state index >= 15 is 0 Å². The number of carbonyl (C=O) groups is 1. The van der Waals surface area contributed by atoms with Crippen molar-refractivity contribution in [2.45, 2.75) is 37.8 Å². The van der Waals surface area contributed by atoms with E-state index in [1.54, 1.807) is 0 Å². The van der Waals surface area contributed by atoms with Crippen LogP contribution in [0.25, 0.3) is 0 Å². The second-order valence-corrected chi connectivity index (χ2v) is 3.73. The number of rotatable bonds is 9. The summed E-state index contributed by atoms with van der Waals surface area (Å²) < 4.78 is 0. The molecule has 0 aromatic rings. The highest BCUT2D eigenvalue weighted by atomic mass is 28.1. The average Bonchev–Trinajstić information content (AvgIpc) is 2.15. The zero-order valence-corrected chi connectivity index (χ0v) is 9.46. The largest absolute Gasteiger partial charge is 0.480 e. The van der Waals surface area contributed by atoms with E-state index in [0.29, 0.717) is 13.0 Å². The summed E-state index contributed by atoms with van der Waals surface area (Å²) in [6.07, 6.45) is 3.36. The first kappa shape index (κ1) is 13.6. The Morgan fingerprint density at radius 2 is 2.14 bits per heavy atom. The van der Waals surface area contributed by atoms with Gasteiger partial charge >= 0.3 is 5.97 Å². The first-order valence-corrected chi connectivity index (χ1v) is 5.74. The number of nitrogens with one attached hydrogen (secondary N) is 1. The summed E-state index contributed by atoms with van der Waals surface area (Å²) in [5, 5.41) is 11.9. The SMILES string of the molecule is NCCCC[C@H](NCCC[Si])C(=O)O. The van der Waals surface area contributed by atoms with Gasteiger partial charge in [0.25, 0.3) is 0 Å². The van der Waals surface area contributed by atoms with Crippen LogP contribution < -0.4 is 11.1 Å². The molecule has 0 unspecified atom stereocenters. The van der Waals surface area contributed by atoms with Crippen LogP contribution in [-0.4, -0.2) is 40.4 Å². The molecule has 0 spiro atoms. The van der Waals surface area contributed by atoms with Crippen LogP contribution in [0.2, 0.25) is 6.04 Å². The van der Waals surface area contributed by atoms with Gasteiger partial charge in [0.2, 0.25) is 0 Å². The van der Waals surface area contributed by atoms with Crippen LogP contribution in [0, 0.1) is 0 Å². The summed E-state index contributed by atoms with van der Waals surface area (Å²) in [5.41, 5.74) is 5.34. The van der Waals surface area contributed by atoms with Gasteiger partial charge < -0.3 is 16.2 Å². The minimum atomic E-state index is -0.768. The molecule has 0 saturated carbocycles. The third-order valence-corrected chi connectivity index (χ3v) is 2.34. The van der Waals surface area contributed by atoms with Gasteiger partial charge in [-0.05, 0) is 32.4 Å². The molecule has 1 atom stereocenters. The zero-order chi connectivity index (χ0) is 10.8. The molecule has 0 amide bonds. The van der Waals surface area contributed by atoms with Crippen molar-refractivity contribution in [1.29, 1.82) is 0 Å². The maximum Gasteiger partial charge on any atom is 0.320 e. The molecule has 81 valence electrons. The average molecular weight is 215 g/mol. The summed E-state index contributed by atoms with van der Waals surface area (Å²) in [4.78, 5) is 10.8. The van der Waals surface area contributed by atoms with Crippen molar-refractivity contribution in [1.82, 2.24) is 5.32 Å². The Morgan fingerprint density at radius 3 is 2.64 bits per heavy atom. The lowest BCUT2D eigenvalue weighted by atomic mass is 10.1. The monoisotopic (exact) mass is 215 g/mol.